The number of rotatable bonds is 2. The van der Waals surface area contributed by atoms with E-state index in [0.717, 1.165) is 12.1 Å². The predicted molar refractivity (Wildman–Crippen MR) is 48.1 cm³/mol. The second kappa shape index (κ2) is 3.75. The molecule has 0 saturated carbocycles. The molecular weight excluding hydrogens is 226 g/mol. The van der Waals surface area contributed by atoms with Crippen molar-refractivity contribution < 1.29 is 27.6 Å². The maximum atomic E-state index is 10.7. The fourth-order valence-corrected chi connectivity index (χ4v) is 1.50. The van der Waals surface area contributed by atoms with Gasteiger partial charge in [0, 0.05) is 0 Å². The summed E-state index contributed by atoms with van der Waals surface area (Å²) in [5.41, 5.74) is 4.67. The van der Waals surface area contributed by atoms with Gasteiger partial charge < -0.3 is 15.6 Å². The van der Waals surface area contributed by atoms with Crippen molar-refractivity contribution in [1.82, 2.24) is 0 Å². The second-order valence-electron chi connectivity index (χ2n) is 2.50. The van der Waals surface area contributed by atoms with Gasteiger partial charge in [-0.25, -0.2) is 4.79 Å². The molecule has 0 radical (unpaired) electrons. The summed E-state index contributed by atoms with van der Waals surface area (Å²) in [5.74, 6) is -1.32. The highest BCUT2D eigenvalue weighted by Crippen LogP contribution is 2.32. The van der Waals surface area contributed by atoms with Gasteiger partial charge in [-0.15, -0.1) is 0 Å². The zero-order valence-corrected chi connectivity index (χ0v) is 8.06. The monoisotopic (exact) mass is 233 g/mol. The summed E-state index contributed by atoms with van der Waals surface area (Å²) in [5, 5.41) is 9.30. The van der Waals surface area contributed by atoms with E-state index < -0.39 is 32.6 Å². The van der Waals surface area contributed by atoms with Crippen LogP contribution in [0, 0.1) is 0 Å². The molecule has 8 heteroatoms. The average Bonchev–Trinajstić information content (AvgIpc) is 2.05. The molecule has 0 aliphatic heterocycles. The molecular formula is C7H7NO6S. The SMILES string of the molecule is NC(=O)Oc1cccc(S(=O)(=O)O)c1O. The fourth-order valence-electron chi connectivity index (χ4n) is 0.901. The Labute approximate surface area is 84.8 Å². The number of carbonyl (C=O) groups excluding carboxylic acids is 1. The number of ether oxygens (including phenoxy) is 1. The van der Waals surface area contributed by atoms with Crippen LogP contribution in [0.2, 0.25) is 0 Å². The highest BCUT2D eigenvalue weighted by molar-refractivity contribution is 7.86. The van der Waals surface area contributed by atoms with Crippen LogP contribution < -0.4 is 10.5 Å². The zero-order chi connectivity index (χ0) is 11.6. The topological polar surface area (TPSA) is 127 Å². The van der Waals surface area contributed by atoms with Crippen LogP contribution in [0.3, 0.4) is 0 Å². The summed E-state index contributed by atoms with van der Waals surface area (Å²) in [6.45, 7) is 0. The van der Waals surface area contributed by atoms with Crippen LogP contribution in [0.25, 0.3) is 0 Å². The fraction of sp³-hybridized carbons (Fsp3) is 0. The van der Waals surface area contributed by atoms with Gasteiger partial charge in [-0.1, -0.05) is 6.07 Å². The minimum Gasteiger partial charge on any atom is -0.503 e. The molecule has 1 rings (SSSR count). The first-order valence-electron chi connectivity index (χ1n) is 3.59. The molecule has 4 N–H and O–H groups in total. The Bertz CT molecular complexity index is 494. The molecule has 1 amide bonds. The standard InChI is InChI=1S/C7H7NO6S/c8-7(10)14-4-2-1-3-5(6(4)9)15(11,12)13/h1-3,9H,(H2,8,10)(H,11,12,13). The number of phenols is 1. The van der Waals surface area contributed by atoms with Gasteiger partial charge in [0.05, 0.1) is 0 Å². The van der Waals surface area contributed by atoms with E-state index >= 15 is 0 Å². The Morgan fingerprint density at radius 1 is 1.40 bits per heavy atom. The predicted octanol–water partition coefficient (Wildman–Crippen LogP) is 0.0964. The molecule has 0 aliphatic rings. The van der Waals surface area contributed by atoms with Crippen LogP contribution in [-0.2, 0) is 10.1 Å². The van der Waals surface area contributed by atoms with Gasteiger partial charge in [-0.2, -0.15) is 8.42 Å². The van der Waals surface area contributed by atoms with Crippen LogP contribution >= 0.6 is 0 Å². The molecule has 1 aromatic rings. The number of primary amides is 1. The van der Waals surface area contributed by atoms with Crippen molar-refractivity contribution in [3.8, 4) is 11.5 Å². The van der Waals surface area contributed by atoms with Gasteiger partial charge in [-0.3, -0.25) is 4.55 Å². The van der Waals surface area contributed by atoms with Crippen LogP contribution in [0.4, 0.5) is 4.79 Å². The Balaban J connectivity index is 3.30. The van der Waals surface area contributed by atoms with Gasteiger partial charge in [0.2, 0.25) is 0 Å². The first-order valence-corrected chi connectivity index (χ1v) is 5.03. The van der Waals surface area contributed by atoms with Crippen molar-refractivity contribution in [2.24, 2.45) is 5.73 Å². The molecule has 0 spiro atoms. The summed E-state index contributed by atoms with van der Waals surface area (Å²) >= 11 is 0. The maximum absolute atomic E-state index is 10.7. The molecule has 0 aliphatic carbocycles. The smallest absolute Gasteiger partial charge is 0.410 e. The first-order chi connectivity index (χ1) is 6.82. The van der Waals surface area contributed by atoms with Crippen LogP contribution in [0.15, 0.2) is 23.1 Å². The molecule has 0 saturated heterocycles. The van der Waals surface area contributed by atoms with Gasteiger partial charge in [0.25, 0.3) is 10.1 Å². The van der Waals surface area contributed by atoms with E-state index in [1.54, 1.807) is 0 Å². The highest BCUT2D eigenvalue weighted by atomic mass is 32.2. The number of nitrogens with two attached hydrogens (primary N) is 1. The first kappa shape index (κ1) is 11.3. The molecule has 0 atom stereocenters. The molecule has 7 nitrogen and oxygen atoms in total. The van der Waals surface area contributed by atoms with E-state index in [1.165, 1.54) is 6.07 Å². The summed E-state index contributed by atoms with van der Waals surface area (Å²) < 4.78 is 34.4. The van der Waals surface area contributed by atoms with Crippen LogP contribution in [0.1, 0.15) is 0 Å². The van der Waals surface area contributed by atoms with E-state index in [0.29, 0.717) is 0 Å². The Morgan fingerprint density at radius 3 is 2.47 bits per heavy atom. The Morgan fingerprint density at radius 2 is 2.00 bits per heavy atom. The molecule has 0 aromatic heterocycles. The van der Waals surface area contributed by atoms with Crippen LogP contribution in [-0.4, -0.2) is 24.2 Å². The van der Waals surface area contributed by atoms with Crippen molar-refractivity contribution in [3.63, 3.8) is 0 Å². The summed E-state index contributed by atoms with van der Waals surface area (Å²) in [7, 11) is -4.57. The number of phenolic OH excluding ortho intramolecular Hbond substituents is 1. The Kier molecular flexibility index (Phi) is 2.82. The van der Waals surface area contributed by atoms with Crippen molar-refractivity contribution >= 4 is 16.2 Å². The maximum Gasteiger partial charge on any atom is 0.410 e. The molecule has 0 bridgehead atoms. The normalized spacial score (nSPS) is 11.0. The summed E-state index contributed by atoms with van der Waals surface area (Å²) in [6.07, 6.45) is -1.21. The van der Waals surface area contributed by atoms with E-state index in [4.69, 9.17) is 4.55 Å². The number of amides is 1. The summed E-state index contributed by atoms with van der Waals surface area (Å²) in [4.78, 5) is 9.60. The molecule has 1 aromatic carbocycles. The molecule has 0 fully saturated rings. The second-order valence-corrected chi connectivity index (χ2v) is 3.89. The highest BCUT2D eigenvalue weighted by Gasteiger charge is 2.19. The van der Waals surface area contributed by atoms with Crippen molar-refractivity contribution in [2.75, 3.05) is 0 Å². The van der Waals surface area contributed by atoms with Crippen molar-refractivity contribution in [3.05, 3.63) is 18.2 Å². The number of aromatic hydroxyl groups is 1. The number of benzene rings is 1. The van der Waals surface area contributed by atoms with E-state index in [2.05, 4.69) is 10.5 Å². The van der Waals surface area contributed by atoms with E-state index in [9.17, 15) is 18.3 Å². The summed E-state index contributed by atoms with van der Waals surface area (Å²) in [6, 6.07) is 3.23. The van der Waals surface area contributed by atoms with Crippen molar-refractivity contribution in [2.45, 2.75) is 4.90 Å². The van der Waals surface area contributed by atoms with Crippen LogP contribution in [0.5, 0.6) is 11.5 Å². The quantitative estimate of drug-likeness (QED) is 0.621. The third kappa shape index (κ3) is 2.58. The molecule has 15 heavy (non-hydrogen) atoms. The number of para-hydroxylation sites is 1. The largest absolute Gasteiger partial charge is 0.503 e. The minimum atomic E-state index is -4.57. The van der Waals surface area contributed by atoms with Gasteiger partial charge in [-0.05, 0) is 12.1 Å². The van der Waals surface area contributed by atoms with E-state index in [1.807, 2.05) is 0 Å². The van der Waals surface area contributed by atoms with Gasteiger partial charge >= 0.3 is 6.09 Å². The lowest BCUT2D eigenvalue weighted by Crippen LogP contribution is -2.16. The van der Waals surface area contributed by atoms with Crippen molar-refractivity contribution in [1.29, 1.82) is 0 Å². The molecule has 0 heterocycles. The zero-order valence-electron chi connectivity index (χ0n) is 7.25. The lowest BCUT2D eigenvalue weighted by Gasteiger charge is -2.06. The van der Waals surface area contributed by atoms with E-state index in [-0.39, 0.29) is 0 Å². The lowest BCUT2D eigenvalue weighted by molar-refractivity contribution is 0.208. The van der Waals surface area contributed by atoms with Gasteiger partial charge in [0.1, 0.15) is 4.90 Å². The number of carbonyl (C=O) groups is 1. The van der Waals surface area contributed by atoms with Gasteiger partial charge in [0.15, 0.2) is 11.5 Å². The number of hydrogen-bond donors (Lipinski definition) is 3. The third-order valence-corrected chi connectivity index (χ3v) is 2.34. The third-order valence-electron chi connectivity index (χ3n) is 1.45. The molecule has 82 valence electrons. The molecule has 0 unspecified atom stereocenters. The minimum absolute atomic E-state index is 0.447. The lowest BCUT2D eigenvalue weighted by atomic mass is 10.3. The number of hydrogen-bond acceptors (Lipinski definition) is 5. The Hall–Kier alpha value is -1.80. The average molecular weight is 233 g/mol.